The highest BCUT2D eigenvalue weighted by atomic mass is 16.5. The summed E-state index contributed by atoms with van der Waals surface area (Å²) in [4.78, 5) is 19.8. The van der Waals surface area contributed by atoms with E-state index in [2.05, 4.69) is 15.3 Å². The zero-order valence-corrected chi connectivity index (χ0v) is 11.1. The van der Waals surface area contributed by atoms with Gasteiger partial charge in [-0.1, -0.05) is 0 Å². The van der Waals surface area contributed by atoms with Crippen LogP contribution < -0.4 is 20.5 Å². The van der Waals surface area contributed by atoms with E-state index < -0.39 is 5.91 Å². The van der Waals surface area contributed by atoms with Crippen molar-refractivity contribution in [2.24, 2.45) is 0 Å². The first-order valence-corrected chi connectivity index (χ1v) is 5.75. The van der Waals surface area contributed by atoms with Gasteiger partial charge >= 0.3 is 0 Å². The highest BCUT2D eigenvalue weighted by Gasteiger charge is 2.14. The van der Waals surface area contributed by atoms with Crippen molar-refractivity contribution in [1.29, 1.82) is 0 Å². The average molecular weight is 274 g/mol. The molecule has 7 heteroatoms. The number of aromatic nitrogens is 2. The third kappa shape index (κ3) is 2.77. The van der Waals surface area contributed by atoms with E-state index in [1.165, 1.54) is 19.5 Å². The van der Waals surface area contributed by atoms with Crippen LogP contribution in [0.25, 0.3) is 0 Å². The molecule has 1 amide bonds. The fourth-order valence-electron chi connectivity index (χ4n) is 1.61. The number of hydrogen-bond donors (Lipinski definition) is 2. The molecule has 2 aromatic rings. The minimum atomic E-state index is -0.459. The van der Waals surface area contributed by atoms with Gasteiger partial charge in [0.25, 0.3) is 5.91 Å². The van der Waals surface area contributed by atoms with Crippen molar-refractivity contribution in [3.8, 4) is 11.5 Å². The second-order valence-electron chi connectivity index (χ2n) is 3.81. The summed E-state index contributed by atoms with van der Waals surface area (Å²) in [5.74, 6) is 0.704. The Hall–Kier alpha value is -2.83. The van der Waals surface area contributed by atoms with Crippen molar-refractivity contribution in [2.45, 2.75) is 0 Å². The van der Waals surface area contributed by atoms with Gasteiger partial charge in [0.1, 0.15) is 11.5 Å². The number of nitrogens with zero attached hydrogens (tertiary/aromatic N) is 2. The van der Waals surface area contributed by atoms with Crippen molar-refractivity contribution in [3.05, 3.63) is 36.3 Å². The third-order valence-corrected chi connectivity index (χ3v) is 2.60. The van der Waals surface area contributed by atoms with Crippen molar-refractivity contribution in [2.75, 3.05) is 25.3 Å². The van der Waals surface area contributed by atoms with E-state index in [9.17, 15) is 4.79 Å². The average Bonchev–Trinajstić information content (AvgIpc) is 2.48. The van der Waals surface area contributed by atoms with Crippen LogP contribution in [0.1, 0.15) is 10.5 Å². The molecule has 7 nitrogen and oxygen atoms in total. The lowest BCUT2D eigenvalue weighted by molar-refractivity contribution is 0.102. The molecular formula is C13H14N4O3. The monoisotopic (exact) mass is 274 g/mol. The molecular weight excluding hydrogens is 260 g/mol. The van der Waals surface area contributed by atoms with Crippen molar-refractivity contribution in [1.82, 2.24) is 9.97 Å². The number of nitrogen functional groups attached to an aromatic ring is 1. The number of amides is 1. The van der Waals surface area contributed by atoms with E-state index in [4.69, 9.17) is 15.2 Å². The van der Waals surface area contributed by atoms with Crippen LogP contribution >= 0.6 is 0 Å². The number of nitrogens with two attached hydrogens (primary N) is 1. The van der Waals surface area contributed by atoms with Crippen LogP contribution in [0.5, 0.6) is 11.5 Å². The van der Waals surface area contributed by atoms with Crippen LogP contribution in [0.15, 0.2) is 30.6 Å². The van der Waals surface area contributed by atoms with Crippen LogP contribution in [0.3, 0.4) is 0 Å². The second kappa shape index (κ2) is 5.87. The lowest BCUT2D eigenvalue weighted by Gasteiger charge is -2.11. The predicted molar refractivity (Wildman–Crippen MR) is 73.9 cm³/mol. The largest absolute Gasteiger partial charge is 0.497 e. The smallest absolute Gasteiger partial charge is 0.278 e. The fourth-order valence-corrected chi connectivity index (χ4v) is 1.61. The van der Waals surface area contributed by atoms with Gasteiger partial charge in [-0.2, -0.15) is 0 Å². The topological polar surface area (TPSA) is 99.4 Å². The standard InChI is InChI=1S/C13H14N4O3/c1-19-8-3-4-9(10(7-8)20-2)17-13(18)11-12(14)16-6-5-15-11/h3-7H,1-2H3,(H2,14,16)(H,17,18). The van der Waals surface area contributed by atoms with Crippen LogP contribution in [0.4, 0.5) is 11.5 Å². The lowest BCUT2D eigenvalue weighted by atomic mass is 10.2. The van der Waals surface area contributed by atoms with E-state index in [0.717, 1.165) is 0 Å². The molecule has 0 fully saturated rings. The van der Waals surface area contributed by atoms with Crippen LogP contribution in [0.2, 0.25) is 0 Å². The molecule has 0 spiro atoms. The summed E-state index contributed by atoms with van der Waals surface area (Å²) in [6.07, 6.45) is 2.82. The molecule has 2 rings (SSSR count). The molecule has 1 aromatic heterocycles. The number of carbonyl (C=O) groups is 1. The van der Waals surface area contributed by atoms with Gasteiger partial charge in [-0.15, -0.1) is 0 Å². The highest BCUT2D eigenvalue weighted by Crippen LogP contribution is 2.29. The number of hydrogen-bond acceptors (Lipinski definition) is 6. The first kappa shape index (κ1) is 13.6. The Morgan fingerprint density at radius 3 is 2.60 bits per heavy atom. The third-order valence-electron chi connectivity index (χ3n) is 2.60. The first-order valence-electron chi connectivity index (χ1n) is 5.75. The SMILES string of the molecule is COc1ccc(NC(=O)c2nccnc2N)c(OC)c1. The maximum atomic E-state index is 12.1. The molecule has 3 N–H and O–H groups in total. The number of benzene rings is 1. The van der Waals surface area contributed by atoms with E-state index in [0.29, 0.717) is 17.2 Å². The molecule has 0 aliphatic heterocycles. The van der Waals surface area contributed by atoms with E-state index in [1.54, 1.807) is 25.3 Å². The van der Waals surface area contributed by atoms with Crippen LogP contribution in [-0.2, 0) is 0 Å². The van der Waals surface area contributed by atoms with Gasteiger partial charge < -0.3 is 20.5 Å². The molecule has 0 bridgehead atoms. The maximum absolute atomic E-state index is 12.1. The molecule has 104 valence electrons. The molecule has 1 heterocycles. The summed E-state index contributed by atoms with van der Waals surface area (Å²) >= 11 is 0. The Labute approximate surface area is 115 Å². The maximum Gasteiger partial charge on any atom is 0.278 e. The van der Waals surface area contributed by atoms with Gasteiger partial charge in [-0.25, -0.2) is 9.97 Å². The van der Waals surface area contributed by atoms with E-state index in [1.807, 2.05) is 0 Å². The Morgan fingerprint density at radius 1 is 1.20 bits per heavy atom. The minimum Gasteiger partial charge on any atom is -0.497 e. The number of carbonyl (C=O) groups excluding carboxylic acids is 1. The Bertz CT molecular complexity index is 631. The van der Waals surface area contributed by atoms with Crippen molar-refractivity contribution in [3.63, 3.8) is 0 Å². The molecule has 0 aliphatic rings. The summed E-state index contributed by atoms with van der Waals surface area (Å²) in [5, 5.41) is 2.67. The Balaban J connectivity index is 2.26. The van der Waals surface area contributed by atoms with Gasteiger partial charge in [-0.05, 0) is 12.1 Å². The van der Waals surface area contributed by atoms with Crippen molar-refractivity contribution < 1.29 is 14.3 Å². The van der Waals surface area contributed by atoms with Gasteiger partial charge in [0.15, 0.2) is 11.5 Å². The Morgan fingerprint density at radius 2 is 1.95 bits per heavy atom. The summed E-state index contributed by atoms with van der Waals surface area (Å²) in [6, 6.07) is 5.04. The van der Waals surface area contributed by atoms with Crippen LogP contribution in [-0.4, -0.2) is 30.1 Å². The number of anilines is 2. The summed E-state index contributed by atoms with van der Waals surface area (Å²) < 4.78 is 10.3. The quantitative estimate of drug-likeness (QED) is 0.872. The molecule has 0 radical (unpaired) electrons. The van der Waals surface area contributed by atoms with Gasteiger partial charge in [0.05, 0.1) is 19.9 Å². The zero-order chi connectivity index (χ0) is 14.5. The first-order chi connectivity index (χ1) is 9.65. The summed E-state index contributed by atoms with van der Waals surface area (Å²) in [6.45, 7) is 0. The number of nitrogens with one attached hydrogen (secondary N) is 1. The van der Waals surface area contributed by atoms with Crippen LogP contribution in [0, 0.1) is 0 Å². The number of methoxy groups -OCH3 is 2. The van der Waals surface area contributed by atoms with E-state index in [-0.39, 0.29) is 11.5 Å². The molecule has 0 unspecified atom stereocenters. The molecule has 1 aromatic carbocycles. The Kier molecular flexibility index (Phi) is 3.99. The van der Waals surface area contributed by atoms with Gasteiger partial charge in [0.2, 0.25) is 0 Å². The number of ether oxygens (including phenoxy) is 2. The molecule has 0 saturated heterocycles. The van der Waals surface area contributed by atoms with Gasteiger partial charge in [-0.3, -0.25) is 4.79 Å². The highest BCUT2D eigenvalue weighted by molar-refractivity contribution is 6.06. The molecule has 0 saturated carbocycles. The molecule has 20 heavy (non-hydrogen) atoms. The second-order valence-corrected chi connectivity index (χ2v) is 3.81. The van der Waals surface area contributed by atoms with Gasteiger partial charge in [0, 0.05) is 18.5 Å². The molecule has 0 atom stereocenters. The molecule has 0 aliphatic carbocycles. The fraction of sp³-hybridized carbons (Fsp3) is 0.154. The zero-order valence-electron chi connectivity index (χ0n) is 11.1. The van der Waals surface area contributed by atoms with Crippen molar-refractivity contribution >= 4 is 17.4 Å². The summed E-state index contributed by atoms with van der Waals surface area (Å²) in [5.41, 5.74) is 6.16. The number of rotatable bonds is 4. The lowest BCUT2D eigenvalue weighted by Crippen LogP contribution is -2.17. The normalized spacial score (nSPS) is 9.90. The predicted octanol–water partition coefficient (Wildman–Crippen LogP) is 1.33. The summed E-state index contributed by atoms with van der Waals surface area (Å²) in [7, 11) is 3.05. The minimum absolute atomic E-state index is 0.0605. The van der Waals surface area contributed by atoms with E-state index >= 15 is 0 Å².